The number of hydrogen-bond acceptors (Lipinski definition) is 4. The van der Waals surface area contributed by atoms with Gasteiger partial charge in [-0.15, -0.1) is 5.10 Å². The van der Waals surface area contributed by atoms with Crippen molar-refractivity contribution in [3.63, 3.8) is 0 Å². The van der Waals surface area contributed by atoms with Crippen molar-refractivity contribution >= 4 is 5.69 Å². The van der Waals surface area contributed by atoms with Gasteiger partial charge in [-0.1, -0.05) is 0 Å². The van der Waals surface area contributed by atoms with Crippen molar-refractivity contribution in [2.75, 3.05) is 18.9 Å². The van der Waals surface area contributed by atoms with Crippen molar-refractivity contribution < 1.29 is 9.47 Å². The summed E-state index contributed by atoms with van der Waals surface area (Å²) in [6, 6.07) is 0. The summed E-state index contributed by atoms with van der Waals surface area (Å²) in [7, 11) is 1.83. The smallest absolute Gasteiger partial charge is 0.256 e. The van der Waals surface area contributed by atoms with E-state index >= 15 is 0 Å². The van der Waals surface area contributed by atoms with Gasteiger partial charge < -0.3 is 15.2 Å². The molecular weight excluding hydrogens is 182 g/mol. The zero-order valence-electron chi connectivity index (χ0n) is 8.27. The lowest BCUT2D eigenvalue weighted by molar-refractivity contribution is 0.0238. The molecule has 1 aromatic rings. The molecule has 0 amide bonds. The molecule has 0 saturated carbocycles. The fraction of sp³-hybridized carbons (Fsp3) is 0.667. The lowest BCUT2D eigenvalue weighted by Crippen LogP contribution is -2.26. The molecule has 78 valence electrons. The molecule has 0 radical (unpaired) electrons. The average molecular weight is 197 g/mol. The van der Waals surface area contributed by atoms with Crippen LogP contribution in [0.4, 0.5) is 5.69 Å². The van der Waals surface area contributed by atoms with Crippen molar-refractivity contribution in [2.45, 2.75) is 18.9 Å². The number of rotatable bonds is 2. The number of anilines is 1. The molecule has 14 heavy (non-hydrogen) atoms. The molecule has 0 aromatic carbocycles. The highest BCUT2D eigenvalue weighted by atomic mass is 16.5. The van der Waals surface area contributed by atoms with Gasteiger partial charge in [0.05, 0.1) is 19.4 Å². The Morgan fingerprint density at radius 1 is 1.57 bits per heavy atom. The van der Waals surface area contributed by atoms with Crippen molar-refractivity contribution in [3.8, 4) is 5.88 Å². The molecule has 0 unspecified atom stereocenters. The summed E-state index contributed by atoms with van der Waals surface area (Å²) in [4.78, 5) is 0. The Labute approximate surface area is 82.8 Å². The number of aryl methyl sites for hydroxylation is 1. The monoisotopic (exact) mass is 197 g/mol. The van der Waals surface area contributed by atoms with Crippen LogP contribution < -0.4 is 10.5 Å². The highest BCUT2D eigenvalue weighted by Crippen LogP contribution is 2.21. The minimum atomic E-state index is 0.195. The standard InChI is InChI=1S/C9H15N3O2/c1-12-6-8(10)9(11-12)14-7-2-4-13-5-3-7/h6-7H,2-5,10H2,1H3. The Morgan fingerprint density at radius 3 is 2.86 bits per heavy atom. The van der Waals surface area contributed by atoms with Crippen LogP contribution in [0.2, 0.25) is 0 Å². The number of nitrogens with two attached hydrogens (primary N) is 1. The number of ether oxygens (including phenoxy) is 2. The zero-order valence-corrected chi connectivity index (χ0v) is 8.27. The van der Waals surface area contributed by atoms with Crippen LogP contribution in [0, 0.1) is 0 Å². The molecule has 1 aromatic heterocycles. The molecule has 0 bridgehead atoms. The highest BCUT2D eigenvalue weighted by Gasteiger charge is 2.17. The molecule has 1 saturated heterocycles. The van der Waals surface area contributed by atoms with Crippen LogP contribution in [0.15, 0.2) is 6.20 Å². The van der Waals surface area contributed by atoms with Gasteiger partial charge in [-0.3, -0.25) is 4.68 Å². The van der Waals surface area contributed by atoms with E-state index in [0.717, 1.165) is 26.1 Å². The summed E-state index contributed by atoms with van der Waals surface area (Å²) in [5.74, 6) is 0.541. The van der Waals surface area contributed by atoms with Gasteiger partial charge in [-0.25, -0.2) is 0 Å². The molecule has 2 N–H and O–H groups in total. The first-order valence-corrected chi connectivity index (χ1v) is 4.79. The van der Waals surface area contributed by atoms with Gasteiger partial charge in [0.25, 0.3) is 5.88 Å². The largest absolute Gasteiger partial charge is 0.472 e. The second-order valence-electron chi connectivity index (χ2n) is 3.49. The van der Waals surface area contributed by atoms with E-state index in [1.54, 1.807) is 10.9 Å². The molecule has 2 rings (SSSR count). The van der Waals surface area contributed by atoms with E-state index in [2.05, 4.69) is 5.10 Å². The van der Waals surface area contributed by atoms with Gasteiger partial charge in [-0.05, 0) is 0 Å². The van der Waals surface area contributed by atoms with Crippen molar-refractivity contribution in [1.29, 1.82) is 0 Å². The Morgan fingerprint density at radius 2 is 2.29 bits per heavy atom. The van der Waals surface area contributed by atoms with Crippen LogP contribution in [-0.4, -0.2) is 29.1 Å². The van der Waals surface area contributed by atoms with Crippen LogP contribution in [0.5, 0.6) is 5.88 Å². The number of nitrogens with zero attached hydrogens (tertiary/aromatic N) is 2. The molecule has 0 atom stereocenters. The number of aromatic nitrogens is 2. The summed E-state index contributed by atoms with van der Waals surface area (Å²) in [5.41, 5.74) is 6.32. The van der Waals surface area contributed by atoms with E-state index in [4.69, 9.17) is 15.2 Å². The predicted octanol–water partition coefficient (Wildman–Crippen LogP) is 0.560. The molecule has 5 nitrogen and oxygen atoms in total. The van der Waals surface area contributed by atoms with E-state index in [1.807, 2.05) is 7.05 Å². The first kappa shape index (κ1) is 9.33. The Kier molecular flexibility index (Phi) is 2.58. The van der Waals surface area contributed by atoms with E-state index in [1.165, 1.54) is 0 Å². The second kappa shape index (κ2) is 3.88. The van der Waals surface area contributed by atoms with Crippen LogP contribution in [-0.2, 0) is 11.8 Å². The van der Waals surface area contributed by atoms with Crippen molar-refractivity contribution in [1.82, 2.24) is 9.78 Å². The Bertz CT molecular complexity index is 305. The number of nitrogen functional groups attached to an aromatic ring is 1. The first-order valence-electron chi connectivity index (χ1n) is 4.79. The summed E-state index contributed by atoms with van der Waals surface area (Å²) >= 11 is 0. The van der Waals surface area contributed by atoms with Crippen LogP contribution in [0.25, 0.3) is 0 Å². The van der Waals surface area contributed by atoms with Crippen molar-refractivity contribution in [2.24, 2.45) is 7.05 Å². The molecule has 0 spiro atoms. The molecule has 1 aliphatic heterocycles. The maximum atomic E-state index is 5.72. The number of hydrogen-bond donors (Lipinski definition) is 1. The molecule has 5 heteroatoms. The normalized spacial score (nSPS) is 18.4. The lowest BCUT2D eigenvalue weighted by Gasteiger charge is -2.22. The van der Waals surface area contributed by atoms with Crippen LogP contribution in [0.3, 0.4) is 0 Å². The maximum absolute atomic E-state index is 5.72. The van der Waals surface area contributed by atoms with E-state index < -0.39 is 0 Å². The molecule has 0 aliphatic carbocycles. The zero-order chi connectivity index (χ0) is 9.97. The van der Waals surface area contributed by atoms with E-state index in [9.17, 15) is 0 Å². The lowest BCUT2D eigenvalue weighted by atomic mass is 10.2. The third kappa shape index (κ3) is 1.98. The Balaban J connectivity index is 1.98. The summed E-state index contributed by atoms with van der Waals surface area (Å²) in [6.45, 7) is 1.52. The second-order valence-corrected chi connectivity index (χ2v) is 3.49. The third-order valence-electron chi connectivity index (χ3n) is 2.27. The topological polar surface area (TPSA) is 62.3 Å². The van der Waals surface area contributed by atoms with Gasteiger partial charge in [0.1, 0.15) is 11.8 Å². The SMILES string of the molecule is Cn1cc(N)c(OC2CCOCC2)n1. The fourth-order valence-electron chi connectivity index (χ4n) is 1.53. The van der Waals surface area contributed by atoms with E-state index in [0.29, 0.717) is 11.6 Å². The van der Waals surface area contributed by atoms with Crippen LogP contribution >= 0.6 is 0 Å². The summed E-state index contributed by atoms with van der Waals surface area (Å²) in [5, 5.41) is 4.13. The van der Waals surface area contributed by atoms with Gasteiger partial charge in [-0.2, -0.15) is 0 Å². The quantitative estimate of drug-likeness (QED) is 0.752. The third-order valence-corrected chi connectivity index (χ3v) is 2.27. The summed E-state index contributed by atoms with van der Waals surface area (Å²) in [6.07, 6.45) is 3.77. The minimum absolute atomic E-state index is 0.195. The average Bonchev–Trinajstić information content (AvgIpc) is 2.47. The molecule has 1 fully saturated rings. The Hall–Kier alpha value is -1.23. The van der Waals surface area contributed by atoms with E-state index in [-0.39, 0.29) is 6.10 Å². The van der Waals surface area contributed by atoms with Crippen LogP contribution in [0.1, 0.15) is 12.8 Å². The minimum Gasteiger partial charge on any atom is -0.472 e. The fourth-order valence-corrected chi connectivity index (χ4v) is 1.53. The highest BCUT2D eigenvalue weighted by molar-refractivity contribution is 5.45. The molecule has 2 heterocycles. The maximum Gasteiger partial charge on any atom is 0.256 e. The predicted molar refractivity (Wildman–Crippen MR) is 52.1 cm³/mol. The first-order chi connectivity index (χ1) is 6.75. The van der Waals surface area contributed by atoms with Gasteiger partial charge >= 0.3 is 0 Å². The summed E-state index contributed by atoms with van der Waals surface area (Å²) < 4.78 is 12.6. The van der Waals surface area contributed by atoms with Gasteiger partial charge in [0.2, 0.25) is 0 Å². The van der Waals surface area contributed by atoms with Gasteiger partial charge in [0, 0.05) is 19.9 Å². The molecular formula is C9H15N3O2. The van der Waals surface area contributed by atoms with Gasteiger partial charge in [0.15, 0.2) is 0 Å². The van der Waals surface area contributed by atoms with Crippen molar-refractivity contribution in [3.05, 3.63) is 6.20 Å². The molecule has 1 aliphatic rings.